The first-order valence-electron chi connectivity index (χ1n) is 14.2. The van der Waals surface area contributed by atoms with E-state index in [-0.39, 0.29) is 40.7 Å². The van der Waals surface area contributed by atoms with Crippen molar-refractivity contribution in [2.75, 3.05) is 6.54 Å². The predicted octanol–water partition coefficient (Wildman–Crippen LogP) is 6.19. The van der Waals surface area contributed by atoms with Gasteiger partial charge in [0.25, 0.3) is 0 Å². The molecule has 6 nitrogen and oxygen atoms in total. The SMILES string of the molecule is CC(C)N(C(=O)[C@H]1CC[C@H]2[C@@H]3CN(C(=O)OC(C)(C)C)C4=CC(=O)CC[C@]4(C)[C@H]3CC[C@]12C)C(C)C. The van der Waals surface area contributed by atoms with Crippen molar-refractivity contribution in [3.8, 4) is 0 Å². The van der Waals surface area contributed by atoms with E-state index in [4.69, 9.17) is 4.74 Å². The van der Waals surface area contributed by atoms with Crippen LogP contribution < -0.4 is 0 Å². The van der Waals surface area contributed by atoms with Crippen molar-refractivity contribution in [2.24, 2.45) is 34.5 Å². The van der Waals surface area contributed by atoms with E-state index >= 15 is 0 Å². The Morgan fingerprint density at radius 1 is 1.03 bits per heavy atom. The average Bonchev–Trinajstić information content (AvgIpc) is 3.09. The van der Waals surface area contributed by atoms with Crippen LogP contribution >= 0.6 is 0 Å². The molecule has 0 N–H and O–H groups in total. The Labute approximate surface area is 218 Å². The highest BCUT2D eigenvalue weighted by atomic mass is 16.6. The van der Waals surface area contributed by atoms with Gasteiger partial charge in [-0.3, -0.25) is 14.5 Å². The van der Waals surface area contributed by atoms with Crippen LogP contribution in [0.4, 0.5) is 4.79 Å². The number of rotatable bonds is 3. The maximum absolute atomic E-state index is 13.9. The molecule has 6 atom stereocenters. The number of amides is 2. The highest BCUT2D eigenvalue weighted by Gasteiger charge is 2.62. The van der Waals surface area contributed by atoms with Gasteiger partial charge in [0.05, 0.1) is 0 Å². The van der Waals surface area contributed by atoms with Crippen molar-refractivity contribution in [2.45, 2.75) is 119 Å². The van der Waals surface area contributed by atoms with E-state index in [2.05, 4.69) is 46.4 Å². The number of nitrogens with zero attached hydrogens (tertiary/aromatic N) is 2. The molecule has 1 aliphatic heterocycles. The fraction of sp³-hybridized carbons (Fsp3) is 0.833. The highest BCUT2D eigenvalue weighted by molar-refractivity contribution is 5.92. The largest absolute Gasteiger partial charge is 0.443 e. The zero-order valence-corrected chi connectivity index (χ0v) is 24.0. The lowest BCUT2D eigenvalue weighted by molar-refractivity contribution is -0.147. The van der Waals surface area contributed by atoms with Crippen LogP contribution in [0.25, 0.3) is 0 Å². The predicted molar refractivity (Wildman–Crippen MR) is 141 cm³/mol. The summed E-state index contributed by atoms with van der Waals surface area (Å²) in [6.45, 7) is 19.3. The zero-order chi connectivity index (χ0) is 26.8. The summed E-state index contributed by atoms with van der Waals surface area (Å²) in [5.41, 5.74) is -0.0394. The van der Waals surface area contributed by atoms with E-state index in [1.54, 1.807) is 11.0 Å². The first-order valence-corrected chi connectivity index (χ1v) is 14.2. The van der Waals surface area contributed by atoms with Gasteiger partial charge in [-0.25, -0.2) is 4.79 Å². The maximum atomic E-state index is 13.9. The number of carbonyl (C=O) groups is 3. The van der Waals surface area contributed by atoms with Crippen LogP contribution in [0.5, 0.6) is 0 Å². The average molecular weight is 501 g/mol. The van der Waals surface area contributed by atoms with E-state index in [1.165, 1.54) is 0 Å². The summed E-state index contributed by atoms with van der Waals surface area (Å²) >= 11 is 0. The zero-order valence-electron chi connectivity index (χ0n) is 24.0. The molecule has 0 bridgehead atoms. The Morgan fingerprint density at radius 3 is 2.25 bits per heavy atom. The molecule has 4 rings (SSSR count). The van der Waals surface area contributed by atoms with Gasteiger partial charge in [-0.1, -0.05) is 13.8 Å². The summed E-state index contributed by atoms with van der Waals surface area (Å²) in [7, 11) is 0. The Kier molecular flexibility index (Phi) is 6.92. The number of ether oxygens (including phenoxy) is 1. The Hall–Kier alpha value is -1.85. The van der Waals surface area contributed by atoms with Crippen LogP contribution in [0.15, 0.2) is 11.8 Å². The van der Waals surface area contributed by atoms with Crippen molar-refractivity contribution < 1.29 is 19.1 Å². The van der Waals surface area contributed by atoms with Crippen LogP contribution in [0, 0.1) is 34.5 Å². The van der Waals surface area contributed by atoms with E-state index < -0.39 is 5.60 Å². The fourth-order valence-corrected chi connectivity index (χ4v) is 8.49. The number of likely N-dealkylation sites (tertiary alicyclic amines) is 1. The van der Waals surface area contributed by atoms with E-state index in [0.29, 0.717) is 36.6 Å². The summed E-state index contributed by atoms with van der Waals surface area (Å²) in [6.07, 6.45) is 6.69. The van der Waals surface area contributed by atoms with Gasteiger partial charge in [-0.05, 0) is 104 Å². The fourth-order valence-electron chi connectivity index (χ4n) is 8.49. The van der Waals surface area contributed by atoms with Crippen LogP contribution in [0.3, 0.4) is 0 Å². The van der Waals surface area contributed by atoms with Gasteiger partial charge in [0, 0.05) is 48.2 Å². The molecule has 0 aromatic rings. The van der Waals surface area contributed by atoms with Crippen molar-refractivity contribution >= 4 is 17.8 Å². The third kappa shape index (κ3) is 4.41. The third-order valence-electron chi connectivity index (χ3n) is 9.99. The minimum absolute atomic E-state index is 0.0286. The molecular weight excluding hydrogens is 452 g/mol. The van der Waals surface area contributed by atoms with Crippen LogP contribution in [0.2, 0.25) is 0 Å². The Morgan fingerprint density at radius 2 is 1.67 bits per heavy atom. The first-order chi connectivity index (χ1) is 16.6. The molecule has 0 aromatic carbocycles. The van der Waals surface area contributed by atoms with Gasteiger partial charge >= 0.3 is 6.09 Å². The quantitative estimate of drug-likeness (QED) is 0.463. The first kappa shape index (κ1) is 27.2. The molecule has 1 heterocycles. The molecule has 6 heteroatoms. The summed E-state index contributed by atoms with van der Waals surface area (Å²) in [6, 6.07) is 0.362. The molecule has 0 unspecified atom stereocenters. The summed E-state index contributed by atoms with van der Waals surface area (Å²) in [4.78, 5) is 43.7. The second-order valence-electron chi connectivity index (χ2n) is 14.0. The summed E-state index contributed by atoms with van der Waals surface area (Å²) < 4.78 is 5.84. The second-order valence-corrected chi connectivity index (χ2v) is 14.0. The topological polar surface area (TPSA) is 66.9 Å². The Bertz CT molecular complexity index is 939. The lowest BCUT2D eigenvalue weighted by atomic mass is 9.49. The van der Waals surface area contributed by atoms with E-state index in [1.807, 2.05) is 20.8 Å². The lowest BCUT2D eigenvalue weighted by Gasteiger charge is -2.60. The van der Waals surface area contributed by atoms with Gasteiger partial charge in [0.1, 0.15) is 5.60 Å². The van der Waals surface area contributed by atoms with Crippen LogP contribution in [-0.2, 0) is 14.3 Å². The second kappa shape index (κ2) is 9.16. The molecule has 2 amide bonds. The normalized spacial score (nSPS) is 36.2. The number of piperidine rings is 1. The van der Waals surface area contributed by atoms with E-state index in [0.717, 1.165) is 37.8 Å². The molecule has 0 radical (unpaired) electrons. The standard InChI is InChI=1S/C30H48N2O4/c1-18(2)32(19(3)4)26(34)24-11-10-22-21-17-31(27(35)36-28(5,6)7)25-16-20(33)12-14-30(25,9)23(21)13-15-29(22,24)8/h16,18-19,21-24H,10-15,17H2,1-9H3/t21-,22-,23-,24+,29-,30+/m0/s1. The number of hydrogen-bond donors (Lipinski definition) is 0. The number of carbonyl (C=O) groups excluding carboxylic acids is 3. The molecule has 0 aromatic heterocycles. The number of fused-ring (bicyclic) bond motifs is 5. The molecule has 202 valence electrons. The van der Waals surface area contributed by atoms with Gasteiger partial charge in [-0.2, -0.15) is 0 Å². The minimum Gasteiger partial charge on any atom is -0.443 e. The molecule has 1 saturated heterocycles. The maximum Gasteiger partial charge on any atom is 0.414 e. The molecule has 4 aliphatic rings. The molecular formula is C30H48N2O4. The molecule has 3 aliphatic carbocycles. The molecule has 3 fully saturated rings. The summed E-state index contributed by atoms with van der Waals surface area (Å²) in [5, 5.41) is 0. The Balaban J connectivity index is 1.69. The monoisotopic (exact) mass is 500 g/mol. The molecule has 0 spiro atoms. The van der Waals surface area contributed by atoms with Crippen molar-refractivity contribution in [1.29, 1.82) is 0 Å². The number of hydrogen-bond acceptors (Lipinski definition) is 4. The number of ketones is 1. The summed E-state index contributed by atoms with van der Waals surface area (Å²) in [5.74, 6) is 1.53. The van der Waals surface area contributed by atoms with Crippen molar-refractivity contribution in [3.05, 3.63) is 11.8 Å². The lowest BCUT2D eigenvalue weighted by Crippen LogP contribution is -2.60. The van der Waals surface area contributed by atoms with Crippen molar-refractivity contribution in [3.63, 3.8) is 0 Å². The van der Waals surface area contributed by atoms with Crippen molar-refractivity contribution in [1.82, 2.24) is 9.80 Å². The van der Waals surface area contributed by atoms with Gasteiger partial charge < -0.3 is 9.64 Å². The van der Waals surface area contributed by atoms with Gasteiger partial charge in [-0.15, -0.1) is 0 Å². The minimum atomic E-state index is -0.604. The number of allylic oxidation sites excluding steroid dienone is 2. The highest BCUT2D eigenvalue weighted by Crippen LogP contribution is 2.65. The third-order valence-corrected chi connectivity index (χ3v) is 9.99. The molecule has 2 saturated carbocycles. The van der Waals surface area contributed by atoms with Crippen LogP contribution in [-0.4, -0.2) is 51.8 Å². The van der Waals surface area contributed by atoms with Crippen LogP contribution in [0.1, 0.15) is 101 Å². The van der Waals surface area contributed by atoms with Gasteiger partial charge in [0.15, 0.2) is 5.78 Å². The van der Waals surface area contributed by atoms with Gasteiger partial charge in [0.2, 0.25) is 5.91 Å². The molecule has 36 heavy (non-hydrogen) atoms. The van der Waals surface area contributed by atoms with E-state index in [9.17, 15) is 14.4 Å². The smallest absolute Gasteiger partial charge is 0.414 e.